The van der Waals surface area contributed by atoms with Crippen LogP contribution >= 0.6 is 39.1 Å². The lowest BCUT2D eigenvalue weighted by atomic mass is 10.3. The van der Waals surface area contributed by atoms with E-state index in [0.29, 0.717) is 15.2 Å². The van der Waals surface area contributed by atoms with Crippen LogP contribution in [-0.4, -0.2) is 17.1 Å². The Morgan fingerprint density at radius 1 is 1.22 bits per heavy atom. The molecule has 0 amide bonds. The molecule has 0 spiro atoms. The van der Waals surface area contributed by atoms with Crippen molar-refractivity contribution < 1.29 is 9.47 Å². The summed E-state index contributed by atoms with van der Waals surface area (Å²) < 4.78 is 11.4. The Kier molecular flexibility index (Phi) is 4.27. The lowest BCUT2D eigenvalue weighted by Gasteiger charge is -2.10. The summed E-state index contributed by atoms with van der Waals surface area (Å²) in [6, 6.07) is 5.13. The van der Waals surface area contributed by atoms with Crippen molar-refractivity contribution in [3.05, 3.63) is 39.2 Å². The average molecular weight is 350 g/mol. The van der Waals surface area contributed by atoms with Gasteiger partial charge in [-0.25, -0.2) is 4.98 Å². The highest BCUT2D eigenvalue weighted by Gasteiger charge is 2.14. The summed E-state index contributed by atoms with van der Waals surface area (Å²) in [5.41, 5.74) is 0. The fourth-order valence-electron chi connectivity index (χ4n) is 1.24. The van der Waals surface area contributed by atoms with E-state index in [2.05, 4.69) is 25.9 Å². The van der Waals surface area contributed by atoms with Gasteiger partial charge < -0.3 is 9.47 Å². The van der Waals surface area contributed by atoms with Crippen molar-refractivity contribution in [2.45, 2.75) is 0 Å². The molecule has 0 aliphatic carbocycles. The molecular weight excluding hydrogens is 343 g/mol. The maximum Gasteiger partial charge on any atom is 0.267 e. The van der Waals surface area contributed by atoms with E-state index >= 15 is 0 Å². The molecule has 0 aliphatic heterocycles. The molecule has 1 heterocycles. The van der Waals surface area contributed by atoms with E-state index in [1.807, 2.05) is 0 Å². The van der Waals surface area contributed by atoms with Crippen molar-refractivity contribution >= 4 is 39.1 Å². The molecular formula is C11H7BrCl2N2O2. The number of nitrogens with zero attached hydrogens (tertiary/aromatic N) is 2. The van der Waals surface area contributed by atoms with Gasteiger partial charge in [-0.2, -0.15) is 4.98 Å². The molecule has 0 aliphatic rings. The van der Waals surface area contributed by atoms with Gasteiger partial charge >= 0.3 is 0 Å². The molecule has 0 saturated carbocycles. The van der Waals surface area contributed by atoms with Crippen LogP contribution in [0.25, 0.3) is 0 Å². The maximum atomic E-state index is 5.87. The summed E-state index contributed by atoms with van der Waals surface area (Å²) in [7, 11) is 1.47. The van der Waals surface area contributed by atoms with Gasteiger partial charge in [-0.1, -0.05) is 23.2 Å². The number of hydrogen-bond donors (Lipinski definition) is 0. The van der Waals surface area contributed by atoms with E-state index in [1.165, 1.54) is 13.4 Å². The highest BCUT2D eigenvalue weighted by atomic mass is 79.9. The van der Waals surface area contributed by atoms with Crippen LogP contribution in [0, 0.1) is 0 Å². The second-order valence-corrected chi connectivity index (χ2v) is 4.83. The number of benzene rings is 1. The molecule has 0 fully saturated rings. The maximum absolute atomic E-state index is 5.87. The molecule has 0 radical (unpaired) electrons. The molecule has 2 rings (SSSR count). The summed E-state index contributed by atoms with van der Waals surface area (Å²) in [4.78, 5) is 7.78. The first-order valence-corrected chi connectivity index (χ1v) is 6.34. The van der Waals surface area contributed by atoms with Crippen molar-refractivity contribution in [2.24, 2.45) is 0 Å². The average Bonchev–Trinajstić information content (AvgIpc) is 2.33. The Hall–Kier alpha value is -1.04. The fraction of sp³-hybridized carbons (Fsp3) is 0.0909. The van der Waals surface area contributed by atoms with Gasteiger partial charge in [-0.3, -0.25) is 0 Å². The Morgan fingerprint density at radius 2 is 2.00 bits per heavy atom. The normalized spacial score (nSPS) is 10.2. The molecule has 0 unspecified atom stereocenters. The van der Waals surface area contributed by atoms with Gasteiger partial charge in [0.1, 0.15) is 12.1 Å². The second kappa shape index (κ2) is 5.73. The molecule has 7 heteroatoms. The number of hydrogen-bond acceptors (Lipinski definition) is 4. The molecule has 18 heavy (non-hydrogen) atoms. The van der Waals surface area contributed by atoms with Gasteiger partial charge in [-0.15, -0.1) is 0 Å². The topological polar surface area (TPSA) is 44.2 Å². The second-order valence-electron chi connectivity index (χ2n) is 3.18. The minimum atomic E-state index is 0.188. The zero-order chi connectivity index (χ0) is 13.1. The molecule has 0 N–H and O–H groups in total. The van der Waals surface area contributed by atoms with Crippen LogP contribution in [0.15, 0.2) is 29.0 Å². The minimum absolute atomic E-state index is 0.188. The van der Waals surface area contributed by atoms with Crippen molar-refractivity contribution in [2.75, 3.05) is 7.11 Å². The molecule has 94 valence electrons. The van der Waals surface area contributed by atoms with Crippen LogP contribution in [0.5, 0.6) is 17.4 Å². The summed E-state index contributed by atoms with van der Waals surface area (Å²) in [5, 5.41) is 0.787. The third kappa shape index (κ3) is 2.85. The zero-order valence-corrected chi connectivity index (χ0v) is 12.3. The summed E-state index contributed by atoms with van der Waals surface area (Å²) in [5.74, 6) is 1.06. The van der Waals surface area contributed by atoms with Crippen molar-refractivity contribution in [3.8, 4) is 17.4 Å². The minimum Gasteiger partial charge on any atom is -0.489 e. The van der Waals surface area contributed by atoms with Gasteiger partial charge in [0.25, 0.3) is 5.88 Å². The van der Waals surface area contributed by atoms with E-state index in [-0.39, 0.29) is 16.8 Å². The van der Waals surface area contributed by atoms with Crippen LogP contribution in [0.2, 0.25) is 10.2 Å². The van der Waals surface area contributed by atoms with Crippen LogP contribution in [0.4, 0.5) is 0 Å². The quantitative estimate of drug-likeness (QED) is 0.773. The summed E-state index contributed by atoms with van der Waals surface area (Å²) in [6.07, 6.45) is 1.30. The standard InChI is InChI=1S/C11H7BrCl2N2O2/c1-17-9-10(14)15-5-16-11(9)18-8-3-2-6(13)4-7(8)12/h2-5H,1H3. The number of ether oxygens (including phenoxy) is 2. The number of aromatic nitrogens is 2. The van der Waals surface area contributed by atoms with Crippen molar-refractivity contribution in [1.29, 1.82) is 0 Å². The molecule has 2 aromatic rings. The van der Waals surface area contributed by atoms with E-state index in [1.54, 1.807) is 18.2 Å². The van der Waals surface area contributed by atoms with Crippen LogP contribution < -0.4 is 9.47 Å². The van der Waals surface area contributed by atoms with E-state index < -0.39 is 0 Å². The Balaban J connectivity index is 2.37. The number of methoxy groups -OCH3 is 1. The highest BCUT2D eigenvalue weighted by Crippen LogP contribution is 2.37. The molecule has 0 atom stereocenters. The van der Waals surface area contributed by atoms with Gasteiger partial charge in [0.05, 0.1) is 11.6 Å². The highest BCUT2D eigenvalue weighted by molar-refractivity contribution is 9.10. The Morgan fingerprint density at radius 3 is 2.67 bits per heavy atom. The molecule has 1 aromatic heterocycles. The van der Waals surface area contributed by atoms with Crippen LogP contribution in [0.3, 0.4) is 0 Å². The Bertz CT molecular complexity index is 581. The smallest absolute Gasteiger partial charge is 0.267 e. The van der Waals surface area contributed by atoms with Crippen molar-refractivity contribution in [3.63, 3.8) is 0 Å². The number of halogens is 3. The monoisotopic (exact) mass is 348 g/mol. The molecule has 0 saturated heterocycles. The first-order valence-electron chi connectivity index (χ1n) is 4.79. The predicted octanol–water partition coefficient (Wildman–Crippen LogP) is 4.35. The molecule has 0 bridgehead atoms. The SMILES string of the molecule is COc1c(Cl)ncnc1Oc1ccc(Cl)cc1Br. The van der Waals surface area contributed by atoms with E-state index in [0.717, 1.165) is 0 Å². The van der Waals surface area contributed by atoms with Gasteiger partial charge in [-0.05, 0) is 34.1 Å². The first kappa shape index (κ1) is 13.4. The van der Waals surface area contributed by atoms with Gasteiger partial charge in [0.15, 0.2) is 5.15 Å². The van der Waals surface area contributed by atoms with Crippen molar-refractivity contribution in [1.82, 2.24) is 9.97 Å². The van der Waals surface area contributed by atoms with Crippen LogP contribution in [-0.2, 0) is 0 Å². The summed E-state index contributed by atoms with van der Waals surface area (Å²) in [6.45, 7) is 0. The van der Waals surface area contributed by atoms with Gasteiger partial charge in [0, 0.05) is 5.02 Å². The molecule has 4 nitrogen and oxygen atoms in total. The Labute approximate surface area is 122 Å². The lowest BCUT2D eigenvalue weighted by Crippen LogP contribution is -1.96. The third-order valence-corrected chi connectivity index (χ3v) is 3.16. The molecule has 1 aromatic carbocycles. The first-order chi connectivity index (χ1) is 8.61. The zero-order valence-electron chi connectivity index (χ0n) is 9.15. The fourth-order valence-corrected chi connectivity index (χ4v) is 2.21. The van der Waals surface area contributed by atoms with Gasteiger partial charge in [0.2, 0.25) is 5.75 Å². The third-order valence-electron chi connectivity index (χ3n) is 2.03. The number of rotatable bonds is 3. The largest absolute Gasteiger partial charge is 0.489 e. The summed E-state index contributed by atoms with van der Waals surface area (Å²) >= 11 is 15.1. The lowest BCUT2D eigenvalue weighted by molar-refractivity contribution is 0.366. The van der Waals surface area contributed by atoms with E-state index in [4.69, 9.17) is 32.7 Å². The predicted molar refractivity (Wildman–Crippen MR) is 72.8 cm³/mol. The van der Waals surface area contributed by atoms with Crippen LogP contribution in [0.1, 0.15) is 0 Å². The van der Waals surface area contributed by atoms with E-state index in [9.17, 15) is 0 Å².